The van der Waals surface area contributed by atoms with Gasteiger partial charge in [-0.05, 0) is 38.3 Å². The molecule has 0 aromatic heterocycles. The monoisotopic (exact) mass is 282 g/mol. The molecule has 2 fully saturated rings. The number of amides is 1. The molecule has 0 unspecified atom stereocenters. The summed E-state index contributed by atoms with van der Waals surface area (Å²) in [5, 5.41) is 3.17. The number of carbonyl (C=O) groups excluding carboxylic acids is 1. The Morgan fingerprint density at radius 1 is 1.30 bits per heavy atom. The van der Waals surface area contributed by atoms with Crippen LogP contribution in [0.1, 0.15) is 46.5 Å². The van der Waals surface area contributed by atoms with Gasteiger partial charge in [-0.3, -0.25) is 9.69 Å². The van der Waals surface area contributed by atoms with Crippen molar-refractivity contribution in [3.8, 4) is 0 Å². The van der Waals surface area contributed by atoms with Crippen LogP contribution in [0.2, 0.25) is 0 Å². The minimum absolute atomic E-state index is 0.0687. The van der Waals surface area contributed by atoms with Crippen LogP contribution in [0.5, 0.6) is 0 Å². The van der Waals surface area contributed by atoms with Crippen molar-refractivity contribution in [2.24, 2.45) is 11.3 Å². The zero-order valence-corrected chi connectivity index (χ0v) is 13.4. The minimum Gasteiger partial charge on any atom is -0.377 e. The molecule has 116 valence electrons. The minimum atomic E-state index is 0.0687. The maximum Gasteiger partial charge on any atom is 0.237 e. The molecule has 0 radical (unpaired) electrons. The fraction of sp³-hybridized carbons (Fsp3) is 0.938. The van der Waals surface area contributed by atoms with E-state index in [1.165, 1.54) is 12.8 Å². The average Bonchev–Trinajstić information content (AvgIpc) is 2.84. The molecule has 0 saturated carbocycles. The van der Waals surface area contributed by atoms with Crippen molar-refractivity contribution in [2.75, 3.05) is 26.7 Å². The molecule has 0 aliphatic carbocycles. The molecule has 2 rings (SSSR count). The Balaban J connectivity index is 1.83. The van der Waals surface area contributed by atoms with Crippen molar-refractivity contribution < 1.29 is 9.53 Å². The molecule has 2 saturated heterocycles. The van der Waals surface area contributed by atoms with Crippen molar-refractivity contribution in [1.29, 1.82) is 0 Å². The number of likely N-dealkylation sites (N-methyl/N-ethyl adjacent to an activating group) is 1. The van der Waals surface area contributed by atoms with E-state index in [-0.39, 0.29) is 23.5 Å². The smallest absolute Gasteiger partial charge is 0.237 e. The van der Waals surface area contributed by atoms with Crippen LogP contribution in [0.3, 0.4) is 0 Å². The highest BCUT2D eigenvalue weighted by atomic mass is 16.5. The molecule has 4 nitrogen and oxygen atoms in total. The summed E-state index contributed by atoms with van der Waals surface area (Å²) in [7, 11) is 2.06. The Morgan fingerprint density at radius 3 is 2.70 bits per heavy atom. The zero-order chi connectivity index (χ0) is 14.8. The zero-order valence-electron chi connectivity index (χ0n) is 13.4. The standard InChI is InChI=1S/C16H30N2O2/c1-16(2,3)14-12(8-10-20-14)11-17-15(19)13-7-5-6-9-18(13)4/h12-14H,5-11H2,1-4H3,(H,17,19)/t12-,13-,14+/m1/s1. The average molecular weight is 282 g/mol. The lowest BCUT2D eigenvalue weighted by molar-refractivity contribution is -0.127. The molecule has 20 heavy (non-hydrogen) atoms. The van der Waals surface area contributed by atoms with E-state index >= 15 is 0 Å². The predicted molar refractivity (Wildman–Crippen MR) is 80.6 cm³/mol. The topological polar surface area (TPSA) is 41.6 Å². The number of carbonyl (C=O) groups is 1. The number of rotatable bonds is 3. The first-order chi connectivity index (χ1) is 9.39. The highest BCUT2D eigenvalue weighted by Crippen LogP contribution is 2.34. The van der Waals surface area contributed by atoms with Gasteiger partial charge < -0.3 is 10.1 Å². The Kier molecular flexibility index (Phi) is 5.08. The lowest BCUT2D eigenvalue weighted by Gasteiger charge is -2.33. The molecule has 0 bridgehead atoms. The number of nitrogens with zero attached hydrogens (tertiary/aromatic N) is 1. The number of hydrogen-bond donors (Lipinski definition) is 1. The Labute approximate surface area is 123 Å². The summed E-state index contributed by atoms with van der Waals surface area (Å²) in [6, 6.07) is 0.0687. The van der Waals surface area contributed by atoms with Crippen molar-refractivity contribution in [3.63, 3.8) is 0 Å². The van der Waals surface area contributed by atoms with Gasteiger partial charge in [0.05, 0.1) is 12.1 Å². The quantitative estimate of drug-likeness (QED) is 0.861. The molecular weight excluding hydrogens is 252 g/mol. The van der Waals surface area contributed by atoms with E-state index in [4.69, 9.17) is 4.74 Å². The molecule has 1 N–H and O–H groups in total. The summed E-state index contributed by atoms with van der Waals surface area (Å²) in [5.41, 5.74) is 0.146. The summed E-state index contributed by atoms with van der Waals surface area (Å²) in [6.45, 7) is 9.26. The maximum atomic E-state index is 12.3. The molecule has 0 spiro atoms. The molecular formula is C16H30N2O2. The van der Waals surface area contributed by atoms with Crippen LogP contribution in [-0.2, 0) is 9.53 Å². The molecule has 2 aliphatic rings. The number of hydrogen-bond acceptors (Lipinski definition) is 3. The van der Waals surface area contributed by atoms with Crippen LogP contribution in [-0.4, -0.2) is 49.7 Å². The van der Waals surface area contributed by atoms with E-state index in [9.17, 15) is 4.79 Å². The Morgan fingerprint density at radius 2 is 2.05 bits per heavy atom. The highest BCUT2D eigenvalue weighted by molar-refractivity contribution is 5.81. The first kappa shape index (κ1) is 15.8. The van der Waals surface area contributed by atoms with E-state index in [0.29, 0.717) is 5.92 Å². The maximum absolute atomic E-state index is 12.3. The van der Waals surface area contributed by atoms with E-state index < -0.39 is 0 Å². The third-order valence-electron chi connectivity index (χ3n) is 4.68. The Hall–Kier alpha value is -0.610. The molecule has 0 aromatic carbocycles. The van der Waals surface area contributed by atoms with Crippen molar-refractivity contribution in [1.82, 2.24) is 10.2 Å². The molecule has 3 atom stereocenters. The molecule has 4 heteroatoms. The summed E-state index contributed by atoms with van der Waals surface area (Å²) >= 11 is 0. The van der Waals surface area contributed by atoms with Gasteiger partial charge in [-0.15, -0.1) is 0 Å². The van der Waals surface area contributed by atoms with Crippen LogP contribution in [0.25, 0.3) is 0 Å². The molecule has 0 aromatic rings. The summed E-state index contributed by atoms with van der Waals surface area (Å²) in [5.74, 6) is 0.652. The van der Waals surface area contributed by atoms with Gasteiger partial charge in [0, 0.05) is 19.1 Å². The second-order valence-corrected chi connectivity index (χ2v) is 7.44. The second kappa shape index (κ2) is 6.44. The first-order valence-corrected chi connectivity index (χ1v) is 7.99. The van der Waals surface area contributed by atoms with Gasteiger partial charge in [-0.25, -0.2) is 0 Å². The van der Waals surface area contributed by atoms with Crippen molar-refractivity contribution in [3.05, 3.63) is 0 Å². The SMILES string of the molecule is CN1CCCC[C@@H]1C(=O)NC[C@H]1CCO[C@@H]1C(C)(C)C. The van der Waals surface area contributed by atoms with E-state index in [1.54, 1.807) is 0 Å². The van der Waals surface area contributed by atoms with Crippen LogP contribution >= 0.6 is 0 Å². The molecule has 2 heterocycles. The lowest BCUT2D eigenvalue weighted by atomic mass is 9.81. The predicted octanol–water partition coefficient (Wildman–Crippen LogP) is 2.04. The van der Waals surface area contributed by atoms with Gasteiger partial charge in [0.25, 0.3) is 0 Å². The lowest BCUT2D eigenvalue weighted by Crippen LogP contribution is -2.49. The van der Waals surface area contributed by atoms with Gasteiger partial charge in [0.1, 0.15) is 0 Å². The fourth-order valence-corrected chi connectivity index (χ4v) is 3.56. The van der Waals surface area contributed by atoms with Crippen LogP contribution in [0, 0.1) is 11.3 Å². The van der Waals surface area contributed by atoms with Gasteiger partial charge in [-0.2, -0.15) is 0 Å². The van der Waals surface area contributed by atoms with E-state index in [0.717, 1.165) is 32.5 Å². The largest absolute Gasteiger partial charge is 0.377 e. The summed E-state index contributed by atoms with van der Waals surface area (Å²) in [4.78, 5) is 14.5. The van der Waals surface area contributed by atoms with Crippen LogP contribution in [0.15, 0.2) is 0 Å². The number of nitrogens with one attached hydrogen (secondary N) is 1. The number of piperidine rings is 1. The highest BCUT2D eigenvalue weighted by Gasteiger charge is 2.37. The third-order valence-corrected chi connectivity index (χ3v) is 4.68. The molecule has 2 aliphatic heterocycles. The van der Waals surface area contributed by atoms with Gasteiger partial charge >= 0.3 is 0 Å². The van der Waals surface area contributed by atoms with E-state index in [2.05, 4.69) is 38.0 Å². The van der Waals surface area contributed by atoms with Crippen molar-refractivity contribution >= 4 is 5.91 Å². The van der Waals surface area contributed by atoms with Gasteiger partial charge in [-0.1, -0.05) is 27.2 Å². The van der Waals surface area contributed by atoms with Crippen LogP contribution in [0.4, 0.5) is 0 Å². The van der Waals surface area contributed by atoms with Crippen LogP contribution < -0.4 is 5.32 Å². The normalized spacial score (nSPS) is 32.3. The Bertz CT molecular complexity index is 338. The number of likely N-dealkylation sites (tertiary alicyclic amines) is 1. The van der Waals surface area contributed by atoms with E-state index in [1.807, 2.05) is 0 Å². The number of ether oxygens (including phenoxy) is 1. The molecule has 1 amide bonds. The second-order valence-electron chi connectivity index (χ2n) is 7.44. The first-order valence-electron chi connectivity index (χ1n) is 7.99. The third kappa shape index (κ3) is 3.73. The fourth-order valence-electron chi connectivity index (χ4n) is 3.56. The van der Waals surface area contributed by atoms with Gasteiger partial charge in [0.15, 0.2) is 0 Å². The van der Waals surface area contributed by atoms with Crippen molar-refractivity contribution in [2.45, 2.75) is 58.6 Å². The summed E-state index contributed by atoms with van der Waals surface area (Å²) < 4.78 is 5.87. The van der Waals surface area contributed by atoms with Gasteiger partial charge in [0.2, 0.25) is 5.91 Å². The summed E-state index contributed by atoms with van der Waals surface area (Å²) in [6.07, 6.45) is 4.68.